The van der Waals surface area contributed by atoms with Gasteiger partial charge in [0.25, 0.3) is 0 Å². The van der Waals surface area contributed by atoms with E-state index in [-0.39, 0.29) is 0 Å². The van der Waals surface area contributed by atoms with Gasteiger partial charge >= 0.3 is 0 Å². The number of benzene rings is 1. The van der Waals surface area contributed by atoms with Crippen molar-refractivity contribution in [3.63, 3.8) is 0 Å². The summed E-state index contributed by atoms with van der Waals surface area (Å²) in [5, 5.41) is 3.16. The van der Waals surface area contributed by atoms with E-state index in [4.69, 9.17) is 11.6 Å². The van der Waals surface area contributed by atoms with Crippen LogP contribution in [0.15, 0.2) is 24.5 Å². The number of hydrogen-bond donors (Lipinski definition) is 4. The number of aryl methyl sites for hydroxylation is 2. The van der Waals surface area contributed by atoms with Crippen molar-refractivity contribution >= 4 is 23.0 Å². The predicted molar refractivity (Wildman–Crippen MR) is 73.5 cm³/mol. The highest BCUT2D eigenvalue weighted by atomic mass is 15.3. The smallest absolute Gasteiger partial charge is 0.168 e. The van der Waals surface area contributed by atoms with Crippen LogP contribution in [0.3, 0.4) is 0 Å². The van der Waals surface area contributed by atoms with Crippen molar-refractivity contribution in [2.75, 3.05) is 16.5 Å². The molecule has 1 heterocycles. The Balaban J connectivity index is 2.34. The third-order valence-corrected chi connectivity index (χ3v) is 2.51. The molecule has 0 saturated carbocycles. The Morgan fingerprint density at radius 1 is 1.00 bits per heavy atom. The van der Waals surface area contributed by atoms with E-state index in [9.17, 15) is 0 Å². The number of nitrogens with zero attached hydrogens (tertiary/aromatic N) is 2. The van der Waals surface area contributed by atoms with Gasteiger partial charge in [0.2, 0.25) is 0 Å². The fourth-order valence-electron chi connectivity index (χ4n) is 1.79. The molecule has 0 amide bonds. The maximum Gasteiger partial charge on any atom is 0.168 e. The monoisotopic (exact) mass is 244 g/mol. The molecule has 0 spiro atoms. The zero-order valence-corrected chi connectivity index (χ0v) is 10.4. The van der Waals surface area contributed by atoms with E-state index < -0.39 is 0 Å². The second kappa shape index (κ2) is 4.89. The highest BCUT2D eigenvalue weighted by Gasteiger charge is 2.07. The Hall–Kier alpha value is -2.34. The first-order valence-corrected chi connectivity index (χ1v) is 5.52. The molecule has 94 valence electrons. The van der Waals surface area contributed by atoms with Gasteiger partial charge in [0.1, 0.15) is 12.0 Å². The van der Waals surface area contributed by atoms with Crippen LogP contribution in [0.1, 0.15) is 11.1 Å². The van der Waals surface area contributed by atoms with Crippen molar-refractivity contribution in [3.8, 4) is 0 Å². The second-order valence-corrected chi connectivity index (χ2v) is 4.13. The minimum Gasteiger partial charge on any atom is -0.393 e. The largest absolute Gasteiger partial charge is 0.393 e. The van der Waals surface area contributed by atoms with Gasteiger partial charge in [0.05, 0.1) is 0 Å². The standard InChI is InChI=1S/C12H16N6/c1-7-3-8(2)5-9(4-7)17-11-10(13)12(18-14)16-6-15-11/h3-6H,13-14H2,1-2H3,(H2,15,16,17,18). The summed E-state index contributed by atoms with van der Waals surface area (Å²) in [6.45, 7) is 4.07. The van der Waals surface area contributed by atoms with Gasteiger partial charge < -0.3 is 16.5 Å². The van der Waals surface area contributed by atoms with E-state index in [2.05, 4.69) is 26.8 Å². The molecule has 0 bridgehead atoms. The highest BCUT2D eigenvalue weighted by Crippen LogP contribution is 2.25. The molecular weight excluding hydrogens is 228 g/mol. The minimum atomic E-state index is 0.388. The molecule has 6 heteroatoms. The summed E-state index contributed by atoms with van der Waals surface area (Å²) < 4.78 is 0. The van der Waals surface area contributed by atoms with Crippen molar-refractivity contribution < 1.29 is 0 Å². The predicted octanol–water partition coefficient (Wildman–Crippen LogP) is 1.70. The van der Waals surface area contributed by atoms with Crippen molar-refractivity contribution in [1.82, 2.24) is 9.97 Å². The number of anilines is 4. The molecule has 1 aromatic heterocycles. The van der Waals surface area contributed by atoms with Crippen molar-refractivity contribution in [3.05, 3.63) is 35.7 Å². The fraction of sp³-hybridized carbons (Fsp3) is 0.167. The van der Waals surface area contributed by atoms with E-state index in [0.717, 1.165) is 5.69 Å². The summed E-state index contributed by atoms with van der Waals surface area (Å²) in [6, 6.07) is 6.13. The molecule has 0 aliphatic heterocycles. The lowest BCUT2D eigenvalue weighted by molar-refractivity contribution is 1.14. The van der Waals surface area contributed by atoms with Gasteiger partial charge in [-0.25, -0.2) is 15.8 Å². The molecule has 18 heavy (non-hydrogen) atoms. The van der Waals surface area contributed by atoms with Crippen LogP contribution in [0.25, 0.3) is 0 Å². The number of nitrogen functional groups attached to an aromatic ring is 2. The second-order valence-electron chi connectivity index (χ2n) is 4.13. The first-order chi connectivity index (χ1) is 8.60. The van der Waals surface area contributed by atoms with E-state index in [1.165, 1.54) is 17.5 Å². The fourth-order valence-corrected chi connectivity index (χ4v) is 1.79. The maximum absolute atomic E-state index is 5.89. The van der Waals surface area contributed by atoms with Crippen molar-refractivity contribution in [2.24, 2.45) is 5.84 Å². The van der Waals surface area contributed by atoms with E-state index in [1.807, 2.05) is 26.0 Å². The molecule has 6 N–H and O–H groups in total. The normalized spacial score (nSPS) is 10.2. The summed E-state index contributed by atoms with van der Waals surface area (Å²) in [4.78, 5) is 8.02. The lowest BCUT2D eigenvalue weighted by Gasteiger charge is -2.11. The van der Waals surface area contributed by atoms with Gasteiger partial charge in [-0.2, -0.15) is 0 Å². The first kappa shape index (κ1) is 12.1. The molecule has 0 atom stereocenters. The number of rotatable bonds is 3. The zero-order valence-electron chi connectivity index (χ0n) is 10.4. The van der Waals surface area contributed by atoms with Gasteiger partial charge in [-0.3, -0.25) is 0 Å². The lowest BCUT2D eigenvalue weighted by Crippen LogP contribution is -2.12. The van der Waals surface area contributed by atoms with Crippen molar-refractivity contribution in [2.45, 2.75) is 13.8 Å². The Labute approximate surface area is 105 Å². The molecule has 0 fully saturated rings. The summed E-state index contributed by atoms with van der Waals surface area (Å²) in [7, 11) is 0. The molecule has 2 aromatic rings. The summed E-state index contributed by atoms with van der Waals surface area (Å²) in [5.74, 6) is 6.24. The van der Waals surface area contributed by atoms with Crippen LogP contribution in [0.2, 0.25) is 0 Å². The lowest BCUT2D eigenvalue weighted by atomic mass is 10.1. The number of hydrogen-bond acceptors (Lipinski definition) is 6. The minimum absolute atomic E-state index is 0.388. The van der Waals surface area contributed by atoms with Gasteiger partial charge in [0.15, 0.2) is 11.6 Å². The van der Waals surface area contributed by atoms with E-state index >= 15 is 0 Å². The highest BCUT2D eigenvalue weighted by molar-refractivity contribution is 5.77. The Morgan fingerprint density at radius 3 is 2.22 bits per heavy atom. The molecular formula is C12H16N6. The average Bonchev–Trinajstić information content (AvgIpc) is 2.30. The molecule has 0 unspecified atom stereocenters. The average molecular weight is 244 g/mol. The molecule has 2 rings (SSSR count). The number of hydrazine groups is 1. The molecule has 0 aliphatic rings. The Morgan fingerprint density at radius 2 is 1.61 bits per heavy atom. The summed E-state index contributed by atoms with van der Waals surface area (Å²) >= 11 is 0. The summed E-state index contributed by atoms with van der Waals surface area (Å²) in [5.41, 5.74) is 12.0. The topological polar surface area (TPSA) is 102 Å². The third kappa shape index (κ3) is 2.49. The van der Waals surface area contributed by atoms with Crippen LogP contribution in [0.5, 0.6) is 0 Å². The molecule has 0 aliphatic carbocycles. The number of nitrogens with two attached hydrogens (primary N) is 2. The van der Waals surface area contributed by atoms with E-state index in [1.54, 1.807) is 0 Å². The van der Waals surface area contributed by atoms with Gasteiger partial charge in [0, 0.05) is 5.69 Å². The molecule has 6 nitrogen and oxygen atoms in total. The molecule has 0 radical (unpaired) electrons. The first-order valence-electron chi connectivity index (χ1n) is 5.52. The molecule has 0 saturated heterocycles. The van der Waals surface area contributed by atoms with Crippen LogP contribution < -0.4 is 22.3 Å². The zero-order chi connectivity index (χ0) is 13.1. The van der Waals surface area contributed by atoms with Crippen LogP contribution in [0, 0.1) is 13.8 Å². The number of nitrogens with one attached hydrogen (secondary N) is 2. The van der Waals surface area contributed by atoms with Crippen LogP contribution in [0.4, 0.5) is 23.0 Å². The number of aromatic nitrogens is 2. The molecule has 1 aromatic carbocycles. The van der Waals surface area contributed by atoms with Crippen LogP contribution in [-0.4, -0.2) is 9.97 Å². The van der Waals surface area contributed by atoms with Crippen LogP contribution in [-0.2, 0) is 0 Å². The third-order valence-electron chi connectivity index (χ3n) is 2.51. The van der Waals surface area contributed by atoms with E-state index in [0.29, 0.717) is 17.3 Å². The SMILES string of the molecule is Cc1cc(C)cc(Nc2ncnc(NN)c2N)c1. The quantitative estimate of drug-likeness (QED) is 0.484. The van der Waals surface area contributed by atoms with Crippen LogP contribution >= 0.6 is 0 Å². The van der Waals surface area contributed by atoms with Gasteiger partial charge in [-0.05, 0) is 37.1 Å². The van der Waals surface area contributed by atoms with Gasteiger partial charge in [-0.1, -0.05) is 6.07 Å². The van der Waals surface area contributed by atoms with Crippen molar-refractivity contribution in [1.29, 1.82) is 0 Å². The summed E-state index contributed by atoms with van der Waals surface area (Å²) in [6.07, 6.45) is 1.40. The maximum atomic E-state index is 5.89. The Bertz CT molecular complexity index is 546. The van der Waals surface area contributed by atoms with Gasteiger partial charge in [-0.15, -0.1) is 0 Å². The Kier molecular flexibility index (Phi) is 3.29.